The van der Waals surface area contributed by atoms with Crippen molar-refractivity contribution in [2.24, 2.45) is 5.92 Å². The van der Waals surface area contributed by atoms with Crippen LogP contribution in [0.4, 0.5) is 4.79 Å². The van der Waals surface area contributed by atoms with Crippen molar-refractivity contribution < 1.29 is 33.7 Å². The average molecular weight is 599 g/mol. The lowest BCUT2D eigenvalue weighted by molar-refractivity contribution is -0.133. The van der Waals surface area contributed by atoms with Crippen LogP contribution in [-0.4, -0.2) is 82.0 Å². The number of likely N-dealkylation sites (tertiary alicyclic amines) is 1. The van der Waals surface area contributed by atoms with Crippen LogP contribution in [0.2, 0.25) is 0 Å². The van der Waals surface area contributed by atoms with Gasteiger partial charge in [0.1, 0.15) is 23.5 Å². The lowest BCUT2D eigenvalue weighted by Gasteiger charge is -2.30. The number of benzene rings is 1. The van der Waals surface area contributed by atoms with E-state index in [2.05, 4.69) is 15.6 Å². The van der Waals surface area contributed by atoms with Crippen LogP contribution >= 0.6 is 0 Å². The summed E-state index contributed by atoms with van der Waals surface area (Å²) >= 11 is 0. The highest BCUT2D eigenvalue weighted by molar-refractivity contribution is 5.89. The van der Waals surface area contributed by atoms with Gasteiger partial charge in [0.05, 0.1) is 19.2 Å². The van der Waals surface area contributed by atoms with E-state index in [-0.39, 0.29) is 24.9 Å². The Balaban J connectivity index is 1.54. The molecule has 0 bridgehead atoms. The third-order valence-electron chi connectivity index (χ3n) is 7.74. The number of carbonyl (C=O) groups is 3. The summed E-state index contributed by atoms with van der Waals surface area (Å²) in [6.07, 6.45) is 2.21. The third-order valence-corrected chi connectivity index (χ3v) is 7.74. The minimum Gasteiger partial charge on any atom is -0.494 e. The van der Waals surface area contributed by atoms with Gasteiger partial charge in [-0.05, 0) is 82.5 Å². The molecule has 1 saturated heterocycles. The predicted octanol–water partition coefficient (Wildman–Crippen LogP) is 3.95. The summed E-state index contributed by atoms with van der Waals surface area (Å²) < 4.78 is 17.6. The van der Waals surface area contributed by atoms with E-state index in [0.717, 1.165) is 35.8 Å². The molecule has 3 amide bonds. The largest absolute Gasteiger partial charge is 0.494 e. The van der Waals surface area contributed by atoms with Crippen molar-refractivity contribution in [2.75, 3.05) is 13.2 Å². The zero-order valence-corrected chi connectivity index (χ0v) is 26.1. The van der Waals surface area contributed by atoms with Crippen molar-refractivity contribution in [2.45, 2.75) is 110 Å². The Morgan fingerprint density at radius 3 is 2.56 bits per heavy atom. The molecule has 1 aromatic heterocycles. The van der Waals surface area contributed by atoms with Gasteiger partial charge in [-0.15, -0.1) is 0 Å². The Bertz CT molecular complexity index is 1290. The summed E-state index contributed by atoms with van der Waals surface area (Å²) in [7, 11) is 0. The molecule has 2 aromatic rings. The summed E-state index contributed by atoms with van der Waals surface area (Å²) in [4.78, 5) is 45.6. The summed E-state index contributed by atoms with van der Waals surface area (Å²) in [5.41, 5.74) is -0.775. The maximum atomic E-state index is 13.8. The molecule has 1 aromatic carbocycles. The van der Waals surface area contributed by atoms with Crippen LogP contribution in [0, 0.1) is 5.92 Å². The zero-order valence-electron chi connectivity index (χ0n) is 26.1. The molecule has 11 heteroatoms. The molecular formula is C32H46N4O7. The molecule has 4 rings (SSSR count). The molecule has 2 aliphatic rings. The van der Waals surface area contributed by atoms with E-state index in [1.807, 2.05) is 45.0 Å². The Morgan fingerprint density at radius 2 is 1.91 bits per heavy atom. The predicted molar refractivity (Wildman–Crippen MR) is 162 cm³/mol. The summed E-state index contributed by atoms with van der Waals surface area (Å²) in [5, 5.41) is 18.3. The first kappa shape index (κ1) is 32.3. The topological polar surface area (TPSA) is 139 Å². The summed E-state index contributed by atoms with van der Waals surface area (Å²) in [5.74, 6) is 0.298. The first-order valence-electron chi connectivity index (χ1n) is 15.3. The molecule has 2 heterocycles. The first-order valence-corrected chi connectivity index (χ1v) is 15.3. The molecule has 0 radical (unpaired) electrons. The number of pyridine rings is 1. The smallest absolute Gasteiger partial charge is 0.411 e. The number of fused-ring (bicyclic) bond motifs is 1. The van der Waals surface area contributed by atoms with E-state index in [0.29, 0.717) is 18.9 Å². The number of hydrogen-bond donors (Lipinski definition) is 3. The Labute approximate surface area is 253 Å². The van der Waals surface area contributed by atoms with Crippen LogP contribution in [-0.2, 0) is 14.3 Å². The van der Waals surface area contributed by atoms with Gasteiger partial charge in [0.15, 0.2) is 6.10 Å². The van der Waals surface area contributed by atoms with Crippen LogP contribution in [0.5, 0.6) is 11.6 Å². The molecule has 3 unspecified atom stereocenters. The number of aliphatic hydroxyl groups is 1. The maximum absolute atomic E-state index is 13.8. The minimum atomic E-state index is -1.41. The van der Waals surface area contributed by atoms with Crippen molar-refractivity contribution in [1.29, 1.82) is 0 Å². The van der Waals surface area contributed by atoms with Crippen molar-refractivity contribution in [3.05, 3.63) is 30.5 Å². The van der Waals surface area contributed by atoms with Gasteiger partial charge in [-0.2, -0.15) is 0 Å². The highest BCUT2D eigenvalue weighted by Gasteiger charge is 2.44. The first-order chi connectivity index (χ1) is 20.4. The fourth-order valence-electron chi connectivity index (χ4n) is 5.13. The van der Waals surface area contributed by atoms with Crippen LogP contribution in [0.15, 0.2) is 30.5 Å². The van der Waals surface area contributed by atoms with Gasteiger partial charge >= 0.3 is 6.09 Å². The van der Waals surface area contributed by atoms with Crippen LogP contribution in [0.3, 0.4) is 0 Å². The number of hydrogen-bond acceptors (Lipinski definition) is 8. The Morgan fingerprint density at radius 1 is 1.16 bits per heavy atom. The van der Waals surface area contributed by atoms with E-state index in [4.69, 9.17) is 14.2 Å². The van der Waals surface area contributed by atoms with Crippen LogP contribution < -0.4 is 20.1 Å². The Kier molecular flexibility index (Phi) is 10.4. The lowest BCUT2D eigenvalue weighted by atomic mass is 9.95. The molecule has 236 valence electrons. The standard InChI is InChI=1S/C32H46N4O7/c1-7-19(3)15-25(27(37)29(39)34-21-9-10-21)35-28(38)26-17-23(18-36(26)31(40)43-32(4,5)6)42-30-24-12-11-22(41-8-2)16-20(24)13-14-33-30/h11-14,16,19,21,23,25-27,37H,7-10,15,17-18H2,1-6H3,(H,34,39)(H,35,38)/t19?,23-,25+,26?,27?/m1/s1. The monoisotopic (exact) mass is 598 g/mol. The number of aliphatic hydroxyl groups excluding tert-OH is 1. The number of nitrogens with zero attached hydrogens (tertiary/aromatic N) is 2. The number of nitrogens with one attached hydrogen (secondary N) is 2. The SMILES string of the molecule is CCOc1ccc2c(O[C@@H]3CC(C(=O)N[C@@H](CC(C)CC)C(O)C(=O)NC4CC4)N(C(=O)OC(C)(C)C)C3)nccc2c1. The maximum Gasteiger partial charge on any atom is 0.411 e. The molecule has 2 fully saturated rings. The van der Waals surface area contributed by atoms with Gasteiger partial charge in [-0.1, -0.05) is 20.3 Å². The molecule has 1 aliphatic heterocycles. The van der Waals surface area contributed by atoms with Gasteiger partial charge in [0.2, 0.25) is 11.8 Å². The molecule has 5 atom stereocenters. The molecule has 43 heavy (non-hydrogen) atoms. The van der Waals surface area contributed by atoms with Crippen molar-refractivity contribution >= 4 is 28.7 Å². The normalized spacial score (nSPS) is 20.7. The van der Waals surface area contributed by atoms with E-state index >= 15 is 0 Å². The van der Waals surface area contributed by atoms with Crippen molar-refractivity contribution in [3.8, 4) is 11.6 Å². The second-order valence-corrected chi connectivity index (χ2v) is 12.6. The fraction of sp³-hybridized carbons (Fsp3) is 0.625. The van der Waals surface area contributed by atoms with E-state index < -0.39 is 47.8 Å². The molecule has 3 N–H and O–H groups in total. The highest BCUT2D eigenvalue weighted by Crippen LogP contribution is 2.31. The second-order valence-electron chi connectivity index (χ2n) is 12.6. The van der Waals surface area contributed by atoms with E-state index in [9.17, 15) is 19.5 Å². The number of rotatable bonds is 12. The molecule has 11 nitrogen and oxygen atoms in total. The third kappa shape index (κ3) is 8.72. The fourth-order valence-corrected chi connectivity index (χ4v) is 5.13. The number of amides is 3. The molecular weight excluding hydrogens is 552 g/mol. The van der Waals surface area contributed by atoms with E-state index in [1.54, 1.807) is 27.0 Å². The highest BCUT2D eigenvalue weighted by atomic mass is 16.6. The quantitative estimate of drug-likeness (QED) is 0.334. The summed E-state index contributed by atoms with van der Waals surface area (Å²) in [6.45, 7) is 11.9. The van der Waals surface area contributed by atoms with Gasteiger partial charge < -0.3 is 30.0 Å². The van der Waals surface area contributed by atoms with Gasteiger partial charge in [-0.3, -0.25) is 14.5 Å². The van der Waals surface area contributed by atoms with Crippen molar-refractivity contribution in [1.82, 2.24) is 20.5 Å². The molecule has 1 saturated carbocycles. The van der Waals surface area contributed by atoms with Gasteiger partial charge in [0.25, 0.3) is 5.91 Å². The average Bonchev–Trinajstić information content (AvgIpc) is 3.66. The Hall–Kier alpha value is -3.60. The molecule has 1 aliphatic carbocycles. The number of aromatic nitrogens is 1. The van der Waals surface area contributed by atoms with E-state index in [1.165, 1.54) is 4.90 Å². The number of ether oxygens (including phenoxy) is 3. The molecule has 0 spiro atoms. The lowest BCUT2D eigenvalue weighted by Crippen LogP contribution is -2.56. The zero-order chi connectivity index (χ0) is 31.3. The number of carbonyl (C=O) groups excluding carboxylic acids is 3. The van der Waals surface area contributed by atoms with Gasteiger partial charge in [0, 0.05) is 24.0 Å². The van der Waals surface area contributed by atoms with Gasteiger partial charge in [-0.25, -0.2) is 9.78 Å². The van der Waals surface area contributed by atoms with Crippen LogP contribution in [0.25, 0.3) is 10.8 Å². The van der Waals surface area contributed by atoms with Crippen molar-refractivity contribution in [3.63, 3.8) is 0 Å². The minimum absolute atomic E-state index is 0.0749. The second kappa shape index (κ2) is 13.8. The van der Waals surface area contributed by atoms with Crippen LogP contribution in [0.1, 0.15) is 73.6 Å². The summed E-state index contributed by atoms with van der Waals surface area (Å²) in [6, 6.07) is 5.82.